The predicted octanol–water partition coefficient (Wildman–Crippen LogP) is 0.758. The van der Waals surface area contributed by atoms with Gasteiger partial charge in [-0.1, -0.05) is 12.1 Å². The average molecular weight is 275 g/mol. The second-order valence-corrected chi connectivity index (χ2v) is 4.98. The van der Waals surface area contributed by atoms with Gasteiger partial charge >= 0.3 is 0 Å². The Kier molecular flexibility index (Phi) is 5.12. The Balaban J connectivity index is 1.89. The number of benzene rings is 1. The molecule has 0 atom stereocenters. The summed E-state index contributed by atoms with van der Waals surface area (Å²) in [4.78, 5) is 25.2. The standard InChI is InChI=1S/C15H21N3O2/c1-16-8-9-17-15(20)13-6-4-12(5-7-13)11-18-10-2-3-14(18)19/h4-7,16H,2-3,8-11H2,1H3,(H,17,20). The van der Waals surface area contributed by atoms with E-state index in [0.717, 1.165) is 25.1 Å². The molecule has 5 heteroatoms. The number of nitrogens with one attached hydrogen (secondary N) is 2. The Hall–Kier alpha value is -1.88. The van der Waals surface area contributed by atoms with E-state index in [4.69, 9.17) is 0 Å². The first kappa shape index (κ1) is 14.5. The van der Waals surface area contributed by atoms with Crippen LogP contribution in [0, 0.1) is 0 Å². The number of hydrogen-bond donors (Lipinski definition) is 2. The first-order valence-corrected chi connectivity index (χ1v) is 7.00. The van der Waals surface area contributed by atoms with Gasteiger partial charge in [-0.25, -0.2) is 0 Å². The number of nitrogens with zero attached hydrogens (tertiary/aromatic N) is 1. The summed E-state index contributed by atoms with van der Waals surface area (Å²) in [5.74, 6) is 0.155. The highest BCUT2D eigenvalue weighted by molar-refractivity contribution is 5.94. The van der Waals surface area contributed by atoms with Crippen LogP contribution in [0.15, 0.2) is 24.3 Å². The summed E-state index contributed by atoms with van der Waals surface area (Å²) in [7, 11) is 1.85. The predicted molar refractivity (Wildman–Crippen MR) is 77.4 cm³/mol. The maximum atomic E-state index is 11.8. The van der Waals surface area contributed by atoms with E-state index in [1.807, 2.05) is 36.2 Å². The van der Waals surface area contributed by atoms with Crippen LogP contribution < -0.4 is 10.6 Å². The number of carbonyl (C=O) groups is 2. The second kappa shape index (κ2) is 7.05. The lowest BCUT2D eigenvalue weighted by Gasteiger charge is -2.15. The molecule has 1 aliphatic heterocycles. The molecule has 0 radical (unpaired) electrons. The van der Waals surface area contributed by atoms with Crippen molar-refractivity contribution >= 4 is 11.8 Å². The van der Waals surface area contributed by atoms with Gasteiger partial charge < -0.3 is 15.5 Å². The van der Waals surface area contributed by atoms with Gasteiger partial charge in [-0.2, -0.15) is 0 Å². The van der Waals surface area contributed by atoms with Crippen LogP contribution in [0.25, 0.3) is 0 Å². The highest BCUT2D eigenvalue weighted by Gasteiger charge is 2.19. The molecule has 20 heavy (non-hydrogen) atoms. The molecule has 1 fully saturated rings. The fourth-order valence-corrected chi connectivity index (χ4v) is 2.26. The van der Waals surface area contributed by atoms with E-state index in [0.29, 0.717) is 25.1 Å². The van der Waals surface area contributed by atoms with Crippen molar-refractivity contribution in [2.45, 2.75) is 19.4 Å². The molecular weight excluding hydrogens is 254 g/mol. The number of amides is 2. The number of hydrogen-bond acceptors (Lipinski definition) is 3. The Labute approximate surface area is 119 Å². The molecule has 0 saturated carbocycles. The van der Waals surface area contributed by atoms with Crippen LogP contribution >= 0.6 is 0 Å². The fraction of sp³-hybridized carbons (Fsp3) is 0.467. The fourth-order valence-electron chi connectivity index (χ4n) is 2.26. The smallest absolute Gasteiger partial charge is 0.251 e. The normalized spacial score (nSPS) is 14.7. The van der Waals surface area contributed by atoms with Crippen molar-refractivity contribution < 1.29 is 9.59 Å². The van der Waals surface area contributed by atoms with Gasteiger partial charge in [0.2, 0.25) is 5.91 Å². The molecule has 1 aromatic carbocycles. The number of likely N-dealkylation sites (tertiary alicyclic amines) is 1. The second-order valence-electron chi connectivity index (χ2n) is 4.98. The summed E-state index contributed by atoms with van der Waals surface area (Å²) in [6.07, 6.45) is 1.61. The van der Waals surface area contributed by atoms with E-state index in [1.54, 1.807) is 0 Å². The molecule has 2 amide bonds. The quantitative estimate of drug-likeness (QED) is 0.753. The topological polar surface area (TPSA) is 61.4 Å². The molecule has 0 bridgehead atoms. The lowest BCUT2D eigenvalue weighted by atomic mass is 10.1. The van der Waals surface area contributed by atoms with E-state index >= 15 is 0 Å². The summed E-state index contributed by atoms with van der Waals surface area (Å²) < 4.78 is 0. The zero-order chi connectivity index (χ0) is 14.4. The molecule has 1 aromatic rings. The van der Waals surface area contributed by atoms with E-state index in [9.17, 15) is 9.59 Å². The molecule has 5 nitrogen and oxygen atoms in total. The molecule has 2 rings (SSSR count). The van der Waals surface area contributed by atoms with Crippen LogP contribution in [0.1, 0.15) is 28.8 Å². The molecule has 0 aromatic heterocycles. The average Bonchev–Trinajstić information content (AvgIpc) is 2.85. The Morgan fingerprint density at radius 1 is 1.25 bits per heavy atom. The third-order valence-corrected chi connectivity index (χ3v) is 3.42. The minimum absolute atomic E-state index is 0.0657. The Bertz CT molecular complexity index is 471. The molecule has 1 saturated heterocycles. The van der Waals surface area contributed by atoms with Crippen molar-refractivity contribution in [3.8, 4) is 0 Å². The van der Waals surface area contributed by atoms with E-state index in [2.05, 4.69) is 10.6 Å². The summed E-state index contributed by atoms with van der Waals surface area (Å²) in [6, 6.07) is 7.45. The maximum Gasteiger partial charge on any atom is 0.251 e. The minimum Gasteiger partial charge on any atom is -0.351 e. The van der Waals surface area contributed by atoms with Crippen molar-refractivity contribution in [2.24, 2.45) is 0 Å². The van der Waals surface area contributed by atoms with Crippen molar-refractivity contribution in [3.63, 3.8) is 0 Å². The largest absolute Gasteiger partial charge is 0.351 e. The van der Waals surface area contributed by atoms with Crippen LogP contribution in [-0.2, 0) is 11.3 Å². The van der Waals surface area contributed by atoms with Gasteiger partial charge in [0, 0.05) is 38.2 Å². The van der Waals surface area contributed by atoms with E-state index in [1.165, 1.54) is 0 Å². The lowest BCUT2D eigenvalue weighted by Crippen LogP contribution is -2.30. The summed E-state index contributed by atoms with van der Waals surface area (Å²) >= 11 is 0. The summed E-state index contributed by atoms with van der Waals surface area (Å²) in [5.41, 5.74) is 1.71. The number of rotatable bonds is 6. The molecule has 0 spiro atoms. The summed E-state index contributed by atoms with van der Waals surface area (Å²) in [6.45, 7) is 2.84. The van der Waals surface area contributed by atoms with Crippen LogP contribution in [-0.4, -0.2) is 43.4 Å². The van der Waals surface area contributed by atoms with Gasteiger partial charge in [0.25, 0.3) is 5.91 Å². The third-order valence-electron chi connectivity index (χ3n) is 3.42. The number of likely N-dealkylation sites (N-methyl/N-ethyl adjacent to an activating group) is 1. The highest BCUT2D eigenvalue weighted by atomic mass is 16.2. The molecule has 0 unspecified atom stereocenters. The van der Waals surface area contributed by atoms with Crippen molar-refractivity contribution in [2.75, 3.05) is 26.7 Å². The first-order valence-electron chi connectivity index (χ1n) is 7.00. The zero-order valence-electron chi connectivity index (χ0n) is 11.8. The van der Waals surface area contributed by atoms with Crippen molar-refractivity contribution in [1.82, 2.24) is 15.5 Å². The third kappa shape index (κ3) is 3.81. The van der Waals surface area contributed by atoms with Gasteiger partial charge in [0.05, 0.1) is 0 Å². The van der Waals surface area contributed by atoms with Crippen LogP contribution in [0.5, 0.6) is 0 Å². The zero-order valence-corrected chi connectivity index (χ0v) is 11.8. The molecule has 2 N–H and O–H groups in total. The van der Waals surface area contributed by atoms with Gasteiger partial charge in [0.1, 0.15) is 0 Å². The molecule has 1 aliphatic rings. The van der Waals surface area contributed by atoms with Crippen LogP contribution in [0.2, 0.25) is 0 Å². The van der Waals surface area contributed by atoms with Gasteiger partial charge in [0.15, 0.2) is 0 Å². The van der Waals surface area contributed by atoms with Gasteiger partial charge in [-0.15, -0.1) is 0 Å². The minimum atomic E-state index is -0.0657. The molecule has 108 valence electrons. The highest BCUT2D eigenvalue weighted by Crippen LogP contribution is 2.14. The van der Waals surface area contributed by atoms with Crippen molar-refractivity contribution in [3.05, 3.63) is 35.4 Å². The lowest BCUT2D eigenvalue weighted by molar-refractivity contribution is -0.128. The Morgan fingerprint density at radius 2 is 2.00 bits per heavy atom. The summed E-state index contributed by atoms with van der Waals surface area (Å²) in [5, 5.41) is 5.81. The SMILES string of the molecule is CNCCNC(=O)c1ccc(CN2CCCC2=O)cc1. The molecule has 1 heterocycles. The van der Waals surface area contributed by atoms with Gasteiger partial charge in [-0.3, -0.25) is 9.59 Å². The molecule has 0 aliphatic carbocycles. The molecular formula is C15H21N3O2. The first-order chi connectivity index (χ1) is 9.70. The van der Waals surface area contributed by atoms with Crippen LogP contribution in [0.3, 0.4) is 0 Å². The van der Waals surface area contributed by atoms with Crippen LogP contribution in [0.4, 0.5) is 0 Å². The van der Waals surface area contributed by atoms with Crippen molar-refractivity contribution in [1.29, 1.82) is 0 Å². The number of carbonyl (C=O) groups excluding carboxylic acids is 2. The van der Waals surface area contributed by atoms with Gasteiger partial charge in [-0.05, 0) is 31.2 Å². The Morgan fingerprint density at radius 3 is 2.60 bits per heavy atom. The monoisotopic (exact) mass is 275 g/mol. The maximum absolute atomic E-state index is 11.8. The van der Waals surface area contributed by atoms with E-state index in [-0.39, 0.29) is 11.8 Å². The van der Waals surface area contributed by atoms with E-state index < -0.39 is 0 Å².